The van der Waals surface area contributed by atoms with Crippen LogP contribution in [0.15, 0.2) is 29.6 Å². The van der Waals surface area contributed by atoms with E-state index in [0.29, 0.717) is 17.5 Å². The average Bonchev–Trinajstić information content (AvgIpc) is 3.08. The van der Waals surface area contributed by atoms with Crippen LogP contribution in [0, 0.1) is 5.92 Å². The fraction of sp³-hybridized carbons (Fsp3) is 0.500. The summed E-state index contributed by atoms with van der Waals surface area (Å²) in [5, 5.41) is 6.41. The highest BCUT2D eigenvalue weighted by molar-refractivity contribution is 7.13. The van der Waals surface area contributed by atoms with E-state index in [2.05, 4.69) is 29.0 Å². The van der Waals surface area contributed by atoms with Crippen LogP contribution < -0.4 is 5.32 Å². The lowest BCUT2D eigenvalue weighted by Gasteiger charge is -2.33. The molecule has 0 spiro atoms. The minimum absolute atomic E-state index is 0.0319. The molecule has 1 N–H and O–H groups in total. The zero-order chi connectivity index (χ0) is 19.2. The van der Waals surface area contributed by atoms with Gasteiger partial charge in [0.2, 0.25) is 5.91 Å². The number of carbonyl (C=O) groups excluding carboxylic acids is 1. The number of rotatable bonds is 7. The highest BCUT2D eigenvalue weighted by atomic mass is 35.5. The van der Waals surface area contributed by atoms with Crippen molar-refractivity contribution in [2.75, 3.05) is 32.8 Å². The molecule has 5 nitrogen and oxygen atoms in total. The first kappa shape index (κ1) is 20.3. The van der Waals surface area contributed by atoms with Gasteiger partial charge >= 0.3 is 0 Å². The van der Waals surface area contributed by atoms with Gasteiger partial charge in [0.15, 0.2) is 0 Å². The molecular formula is C20H26ClN3O2S. The highest BCUT2D eigenvalue weighted by Gasteiger charge is 2.21. The molecule has 3 rings (SSSR count). The molecule has 1 amide bonds. The molecule has 1 aromatic heterocycles. The van der Waals surface area contributed by atoms with Crippen LogP contribution in [0.1, 0.15) is 19.5 Å². The van der Waals surface area contributed by atoms with Gasteiger partial charge in [-0.25, -0.2) is 4.98 Å². The molecule has 1 fully saturated rings. The first-order valence-electron chi connectivity index (χ1n) is 9.31. The number of morpholine rings is 1. The van der Waals surface area contributed by atoms with Gasteiger partial charge in [-0.3, -0.25) is 9.69 Å². The average molecular weight is 408 g/mol. The number of nitrogens with one attached hydrogen (secondary N) is 1. The summed E-state index contributed by atoms with van der Waals surface area (Å²) in [4.78, 5) is 19.2. The van der Waals surface area contributed by atoms with E-state index < -0.39 is 0 Å². The number of benzene rings is 1. The smallest absolute Gasteiger partial charge is 0.226 e. The molecule has 0 bridgehead atoms. The van der Waals surface area contributed by atoms with Crippen LogP contribution >= 0.6 is 22.9 Å². The van der Waals surface area contributed by atoms with Gasteiger partial charge in [0.05, 0.1) is 29.8 Å². The molecule has 1 saturated heterocycles. The summed E-state index contributed by atoms with van der Waals surface area (Å²) in [6.45, 7) is 8.60. The number of aromatic nitrogens is 1. The van der Waals surface area contributed by atoms with Gasteiger partial charge in [-0.05, 0) is 12.0 Å². The van der Waals surface area contributed by atoms with E-state index in [-0.39, 0.29) is 18.4 Å². The summed E-state index contributed by atoms with van der Waals surface area (Å²) in [5.41, 5.74) is 1.66. The minimum Gasteiger partial charge on any atom is -0.374 e. The van der Waals surface area contributed by atoms with Crippen LogP contribution in [0.2, 0.25) is 5.02 Å². The normalized spacial score (nSPS) is 18.0. The number of hydrogen-bond donors (Lipinski definition) is 1. The topological polar surface area (TPSA) is 54.5 Å². The molecule has 0 unspecified atom stereocenters. The van der Waals surface area contributed by atoms with Crippen LogP contribution in [0.4, 0.5) is 0 Å². The van der Waals surface area contributed by atoms with Crippen molar-refractivity contribution >= 4 is 28.8 Å². The van der Waals surface area contributed by atoms with Gasteiger partial charge in [0.1, 0.15) is 5.01 Å². The van der Waals surface area contributed by atoms with Gasteiger partial charge in [-0.15, -0.1) is 11.3 Å². The van der Waals surface area contributed by atoms with E-state index in [9.17, 15) is 4.79 Å². The zero-order valence-electron chi connectivity index (χ0n) is 15.8. The molecule has 0 radical (unpaired) electrons. The number of nitrogens with zero attached hydrogens (tertiary/aromatic N) is 2. The maximum Gasteiger partial charge on any atom is 0.226 e. The third-order valence-electron chi connectivity index (χ3n) is 4.37. The summed E-state index contributed by atoms with van der Waals surface area (Å²) in [7, 11) is 0. The Kier molecular flexibility index (Phi) is 7.24. The fourth-order valence-corrected chi connectivity index (χ4v) is 4.33. The van der Waals surface area contributed by atoms with E-state index in [0.717, 1.165) is 42.5 Å². The molecule has 1 atom stereocenters. The molecule has 2 heterocycles. The maximum absolute atomic E-state index is 12.3. The minimum atomic E-state index is -0.0319. The zero-order valence-corrected chi connectivity index (χ0v) is 17.4. The largest absolute Gasteiger partial charge is 0.374 e. The van der Waals surface area contributed by atoms with Crippen LogP contribution in [-0.2, 0) is 16.0 Å². The first-order valence-corrected chi connectivity index (χ1v) is 10.6. The van der Waals surface area contributed by atoms with Crippen molar-refractivity contribution in [1.29, 1.82) is 0 Å². The molecule has 1 aliphatic heterocycles. The second-order valence-corrected chi connectivity index (χ2v) is 8.52. The summed E-state index contributed by atoms with van der Waals surface area (Å²) >= 11 is 7.73. The first-order chi connectivity index (χ1) is 13.0. The number of amides is 1. The molecule has 7 heteroatoms. The van der Waals surface area contributed by atoms with E-state index in [1.54, 1.807) is 0 Å². The van der Waals surface area contributed by atoms with E-state index in [4.69, 9.17) is 16.3 Å². The van der Waals surface area contributed by atoms with Gasteiger partial charge in [0, 0.05) is 37.1 Å². The fourth-order valence-electron chi connectivity index (χ4n) is 3.19. The number of carbonyl (C=O) groups is 1. The van der Waals surface area contributed by atoms with Crippen LogP contribution in [-0.4, -0.2) is 54.7 Å². The van der Waals surface area contributed by atoms with Crippen molar-refractivity contribution in [2.45, 2.75) is 26.4 Å². The Morgan fingerprint density at radius 1 is 1.44 bits per heavy atom. The summed E-state index contributed by atoms with van der Waals surface area (Å²) in [6.07, 6.45) is 0.319. The highest BCUT2D eigenvalue weighted by Crippen LogP contribution is 2.30. The van der Waals surface area contributed by atoms with Gasteiger partial charge in [-0.1, -0.05) is 43.6 Å². The standard InChI is InChI=1S/C20H26ClN3O2S/c1-14(2)11-24-7-8-26-16(12-24)10-22-19(25)9-15-13-27-20(23-15)17-5-3-4-6-18(17)21/h3-6,13-14,16H,7-12H2,1-2H3,(H,22,25)/t16-/m0/s1. The van der Waals surface area contributed by atoms with E-state index >= 15 is 0 Å². The molecule has 0 saturated carbocycles. The Balaban J connectivity index is 1.48. The second-order valence-electron chi connectivity index (χ2n) is 7.25. The molecule has 146 valence electrons. The molecule has 1 aromatic carbocycles. The second kappa shape index (κ2) is 9.64. The molecule has 27 heavy (non-hydrogen) atoms. The van der Waals surface area contributed by atoms with Crippen LogP contribution in [0.5, 0.6) is 0 Å². The van der Waals surface area contributed by atoms with Crippen molar-refractivity contribution in [3.05, 3.63) is 40.4 Å². The van der Waals surface area contributed by atoms with Gasteiger partial charge in [-0.2, -0.15) is 0 Å². The van der Waals surface area contributed by atoms with Crippen molar-refractivity contribution in [1.82, 2.24) is 15.2 Å². The quantitative estimate of drug-likeness (QED) is 0.763. The maximum atomic E-state index is 12.3. The Hall–Kier alpha value is -1.47. The lowest BCUT2D eigenvalue weighted by molar-refractivity contribution is -0.121. The van der Waals surface area contributed by atoms with Crippen molar-refractivity contribution in [3.8, 4) is 10.6 Å². The lowest BCUT2D eigenvalue weighted by atomic mass is 10.2. The summed E-state index contributed by atoms with van der Waals surface area (Å²) in [5.74, 6) is 0.603. The number of hydrogen-bond acceptors (Lipinski definition) is 5. The third-order valence-corrected chi connectivity index (χ3v) is 5.62. The Bertz CT molecular complexity index is 765. The Morgan fingerprint density at radius 3 is 3.04 bits per heavy atom. The number of thiazole rings is 1. The molecule has 2 aromatic rings. The summed E-state index contributed by atoms with van der Waals surface area (Å²) < 4.78 is 5.78. The third kappa shape index (κ3) is 6.01. The number of halogens is 1. The van der Waals surface area contributed by atoms with Gasteiger partial charge < -0.3 is 10.1 Å². The predicted molar refractivity (Wildman–Crippen MR) is 110 cm³/mol. The number of ether oxygens (including phenoxy) is 1. The lowest BCUT2D eigenvalue weighted by Crippen LogP contribution is -2.48. The molecule has 1 aliphatic rings. The van der Waals surface area contributed by atoms with Crippen molar-refractivity contribution in [3.63, 3.8) is 0 Å². The van der Waals surface area contributed by atoms with Crippen LogP contribution in [0.25, 0.3) is 10.6 Å². The predicted octanol–water partition coefficient (Wildman–Crippen LogP) is 3.48. The van der Waals surface area contributed by atoms with Gasteiger partial charge in [0.25, 0.3) is 0 Å². The molecular weight excluding hydrogens is 382 g/mol. The summed E-state index contributed by atoms with van der Waals surface area (Å²) in [6, 6.07) is 7.61. The van der Waals surface area contributed by atoms with Crippen molar-refractivity contribution < 1.29 is 9.53 Å². The SMILES string of the molecule is CC(C)CN1CCO[C@@H](CNC(=O)Cc2csc(-c3ccccc3Cl)n2)C1. The Labute approximate surface area is 169 Å². The monoisotopic (exact) mass is 407 g/mol. The van der Waals surface area contributed by atoms with E-state index in [1.165, 1.54) is 11.3 Å². The van der Waals surface area contributed by atoms with Crippen LogP contribution in [0.3, 0.4) is 0 Å². The van der Waals surface area contributed by atoms with E-state index in [1.807, 2.05) is 29.6 Å². The Morgan fingerprint density at radius 2 is 2.26 bits per heavy atom. The van der Waals surface area contributed by atoms with Crippen molar-refractivity contribution in [2.24, 2.45) is 5.92 Å². The molecule has 0 aliphatic carbocycles.